The van der Waals surface area contributed by atoms with E-state index in [9.17, 15) is 13.2 Å². The van der Waals surface area contributed by atoms with Crippen molar-refractivity contribution in [3.63, 3.8) is 0 Å². The minimum absolute atomic E-state index is 0.487. The summed E-state index contributed by atoms with van der Waals surface area (Å²) in [5.74, 6) is 0.487. The number of halogens is 3. The van der Waals surface area contributed by atoms with Crippen molar-refractivity contribution in [2.45, 2.75) is 31.5 Å². The van der Waals surface area contributed by atoms with Gasteiger partial charge in [0.25, 0.3) is 0 Å². The van der Waals surface area contributed by atoms with Crippen molar-refractivity contribution in [2.24, 2.45) is 0 Å². The maximum absolute atomic E-state index is 12.3. The summed E-state index contributed by atoms with van der Waals surface area (Å²) in [6.07, 6.45) is -0.135. The zero-order valence-electron chi connectivity index (χ0n) is 9.93. The molecule has 100 valence electrons. The summed E-state index contributed by atoms with van der Waals surface area (Å²) in [6.45, 7) is 1.78. The zero-order chi connectivity index (χ0) is 13.0. The Bertz CT molecular complexity index is 369. The standard InChI is InChI=1S/C12H16F3N3/c13-12(14,15)9-3-4-11(18-8-9)17-7-5-10-2-1-6-16-10/h3-4,8,10,16H,1-2,5-7H2,(H,17,18)/t10-/m0/s1. The second-order valence-electron chi connectivity index (χ2n) is 4.44. The van der Waals surface area contributed by atoms with E-state index < -0.39 is 11.7 Å². The molecule has 0 unspecified atom stereocenters. The van der Waals surface area contributed by atoms with Crippen LogP contribution in [0.5, 0.6) is 0 Å². The Morgan fingerprint density at radius 2 is 2.22 bits per heavy atom. The van der Waals surface area contributed by atoms with Crippen LogP contribution >= 0.6 is 0 Å². The molecular formula is C12H16F3N3. The summed E-state index contributed by atoms with van der Waals surface area (Å²) in [4.78, 5) is 3.76. The number of pyridine rings is 1. The van der Waals surface area contributed by atoms with Crippen molar-refractivity contribution >= 4 is 5.82 Å². The van der Waals surface area contributed by atoms with Crippen LogP contribution in [0, 0.1) is 0 Å². The molecule has 2 N–H and O–H groups in total. The monoisotopic (exact) mass is 259 g/mol. The van der Waals surface area contributed by atoms with Crippen LogP contribution in [-0.2, 0) is 6.18 Å². The van der Waals surface area contributed by atoms with Crippen LogP contribution < -0.4 is 10.6 Å². The molecule has 1 aromatic heterocycles. The van der Waals surface area contributed by atoms with E-state index in [0.29, 0.717) is 11.9 Å². The molecule has 0 radical (unpaired) electrons. The average Bonchev–Trinajstić information content (AvgIpc) is 2.82. The minimum Gasteiger partial charge on any atom is -0.370 e. The smallest absolute Gasteiger partial charge is 0.370 e. The number of nitrogens with zero attached hydrogens (tertiary/aromatic N) is 1. The van der Waals surface area contributed by atoms with E-state index in [2.05, 4.69) is 15.6 Å². The largest absolute Gasteiger partial charge is 0.417 e. The Kier molecular flexibility index (Phi) is 4.06. The van der Waals surface area contributed by atoms with Crippen LogP contribution in [0.25, 0.3) is 0 Å². The molecule has 3 nitrogen and oxygen atoms in total. The highest BCUT2D eigenvalue weighted by Gasteiger charge is 2.30. The summed E-state index contributed by atoms with van der Waals surface area (Å²) in [6, 6.07) is 2.93. The van der Waals surface area contributed by atoms with Gasteiger partial charge in [-0.05, 0) is 37.9 Å². The fraction of sp³-hybridized carbons (Fsp3) is 0.583. The van der Waals surface area contributed by atoms with Crippen molar-refractivity contribution in [3.05, 3.63) is 23.9 Å². The normalized spacial score (nSPS) is 20.1. The maximum atomic E-state index is 12.3. The lowest BCUT2D eigenvalue weighted by Gasteiger charge is -2.11. The van der Waals surface area contributed by atoms with Crippen LogP contribution in [0.1, 0.15) is 24.8 Å². The molecule has 2 heterocycles. The third kappa shape index (κ3) is 3.60. The highest BCUT2D eigenvalue weighted by molar-refractivity contribution is 5.36. The Hall–Kier alpha value is -1.30. The first-order valence-electron chi connectivity index (χ1n) is 6.06. The highest BCUT2D eigenvalue weighted by atomic mass is 19.4. The van der Waals surface area contributed by atoms with Crippen molar-refractivity contribution in [2.75, 3.05) is 18.4 Å². The maximum Gasteiger partial charge on any atom is 0.417 e. The van der Waals surface area contributed by atoms with Crippen LogP contribution in [0.2, 0.25) is 0 Å². The third-order valence-electron chi connectivity index (χ3n) is 3.05. The number of alkyl halides is 3. The van der Waals surface area contributed by atoms with Gasteiger partial charge in [0, 0.05) is 18.8 Å². The van der Waals surface area contributed by atoms with E-state index in [1.54, 1.807) is 0 Å². The molecule has 0 aliphatic carbocycles. The number of nitrogens with one attached hydrogen (secondary N) is 2. The summed E-state index contributed by atoms with van der Waals surface area (Å²) in [5, 5.41) is 6.39. The van der Waals surface area contributed by atoms with Gasteiger partial charge in [0.2, 0.25) is 0 Å². The van der Waals surface area contributed by atoms with Crippen molar-refractivity contribution in [1.29, 1.82) is 0 Å². The van der Waals surface area contributed by atoms with Gasteiger partial charge in [0.1, 0.15) is 5.82 Å². The SMILES string of the molecule is FC(F)(F)c1ccc(NCC[C@@H]2CCCN2)nc1. The molecule has 0 spiro atoms. The summed E-state index contributed by atoms with van der Waals surface area (Å²) >= 11 is 0. The number of rotatable bonds is 4. The Balaban J connectivity index is 1.79. The van der Waals surface area contributed by atoms with Gasteiger partial charge in [0.15, 0.2) is 0 Å². The molecule has 1 atom stereocenters. The molecule has 18 heavy (non-hydrogen) atoms. The molecule has 1 saturated heterocycles. The lowest BCUT2D eigenvalue weighted by atomic mass is 10.1. The van der Waals surface area contributed by atoms with Gasteiger partial charge >= 0.3 is 6.18 Å². The van der Waals surface area contributed by atoms with E-state index >= 15 is 0 Å². The van der Waals surface area contributed by atoms with Crippen molar-refractivity contribution < 1.29 is 13.2 Å². The quantitative estimate of drug-likeness (QED) is 0.872. The van der Waals surface area contributed by atoms with Crippen molar-refractivity contribution in [1.82, 2.24) is 10.3 Å². The Morgan fingerprint density at radius 3 is 2.78 bits per heavy atom. The molecule has 0 amide bonds. The van der Waals surface area contributed by atoms with Gasteiger partial charge < -0.3 is 10.6 Å². The molecule has 0 bridgehead atoms. The molecule has 1 aliphatic rings. The first-order chi connectivity index (χ1) is 8.55. The van der Waals surface area contributed by atoms with Gasteiger partial charge in [0.05, 0.1) is 5.56 Å². The third-order valence-corrected chi connectivity index (χ3v) is 3.05. The van der Waals surface area contributed by atoms with Gasteiger partial charge in [-0.15, -0.1) is 0 Å². The van der Waals surface area contributed by atoms with Crippen LogP contribution in [0.15, 0.2) is 18.3 Å². The molecule has 0 saturated carbocycles. The predicted octanol–water partition coefficient (Wildman–Crippen LogP) is 2.65. The highest BCUT2D eigenvalue weighted by Crippen LogP contribution is 2.28. The number of aromatic nitrogens is 1. The molecule has 1 fully saturated rings. The van der Waals surface area contributed by atoms with E-state index in [1.165, 1.54) is 18.9 Å². The molecule has 6 heteroatoms. The second kappa shape index (κ2) is 5.56. The fourth-order valence-corrected chi connectivity index (χ4v) is 2.04. The summed E-state index contributed by atoms with van der Waals surface area (Å²) in [7, 11) is 0. The Morgan fingerprint density at radius 1 is 1.39 bits per heavy atom. The lowest BCUT2D eigenvalue weighted by molar-refractivity contribution is -0.137. The number of hydrogen-bond acceptors (Lipinski definition) is 3. The first-order valence-corrected chi connectivity index (χ1v) is 6.06. The lowest BCUT2D eigenvalue weighted by Crippen LogP contribution is -2.24. The molecular weight excluding hydrogens is 243 g/mol. The zero-order valence-corrected chi connectivity index (χ0v) is 9.93. The summed E-state index contributed by atoms with van der Waals surface area (Å²) < 4.78 is 36.9. The van der Waals surface area contributed by atoms with Crippen molar-refractivity contribution in [3.8, 4) is 0 Å². The molecule has 1 aliphatic heterocycles. The average molecular weight is 259 g/mol. The van der Waals surface area contributed by atoms with Crippen LogP contribution in [-0.4, -0.2) is 24.1 Å². The fourth-order valence-electron chi connectivity index (χ4n) is 2.04. The second-order valence-corrected chi connectivity index (χ2v) is 4.44. The molecule has 1 aromatic rings. The number of hydrogen-bond donors (Lipinski definition) is 2. The van der Waals surface area contributed by atoms with Crippen LogP contribution in [0.3, 0.4) is 0 Å². The molecule has 2 rings (SSSR count). The first kappa shape index (κ1) is 13.1. The topological polar surface area (TPSA) is 37.0 Å². The van der Waals surface area contributed by atoms with Gasteiger partial charge in [-0.3, -0.25) is 0 Å². The minimum atomic E-state index is -4.32. The van der Waals surface area contributed by atoms with Gasteiger partial charge in [-0.25, -0.2) is 4.98 Å². The van der Waals surface area contributed by atoms with E-state index in [0.717, 1.165) is 31.8 Å². The van der Waals surface area contributed by atoms with E-state index in [-0.39, 0.29) is 0 Å². The van der Waals surface area contributed by atoms with Gasteiger partial charge in [-0.1, -0.05) is 0 Å². The molecule has 0 aromatic carbocycles. The number of anilines is 1. The summed E-state index contributed by atoms with van der Waals surface area (Å²) in [5.41, 5.74) is -0.717. The Labute approximate surface area is 104 Å². The van der Waals surface area contributed by atoms with Crippen LogP contribution in [0.4, 0.5) is 19.0 Å². The van der Waals surface area contributed by atoms with E-state index in [4.69, 9.17) is 0 Å². The predicted molar refractivity (Wildman–Crippen MR) is 63.4 cm³/mol. The van der Waals surface area contributed by atoms with E-state index in [1.807, 2.05) is 0 Å². The van der Waals surface area contributed by atoms with Gasteiger partial charge in [-0.2, -0.15) is 13.2 Å².